The minimum absolute atomic E-state index is 0.0920. The summed E-state index contributed by atoms with van der Waals surface area (Å²) in [7, 11) is 1.83. The van der Waals surface area contributed by atoms with Gasteiger partial charge in [0.05, 0.1) is 6.04 Å². The highest BCUT2D eigenvalue weighted by molar-refractivity contribution is 5.32. The third-order valence-electron chi connectivity index (χ3n) is 2.60. The molecule has 0 aliphatic rings. The van der Waals surface area contributed by atoms with E-state index in [4.69, 9.17) is 0 Å². The Balaban J connectivity index is 2.42. The first-order valence-electron chi connectivity index (χ1n) is 5.40. The molecular formula is C13H14FN3. The summed E-state index contributed by atoms with van der Waals surface area (Å²) < 4.78 is 13.4. The Morgan fingerprint density at radius 1 is 1.12 bits per heavy atom. The van der Waals surface area contributed by atoms with Crippen LogP contribution in [-0.2, 0) is 0 Å². The van der Waals surface area contributed by atoms with E-state index in [-0.39, 0.29) is 11.9 Å². The van der Waals surface area contributed by atoms with Crippen molar-refractivity contribution in [3.05, 3.63) is 59.4 Å². The molecule has 0 bridgehead atoms. The van der Waals surface area contributed by atoms with Gasteiger partial charge >= 0.3 is 0 Å². The van der Waals surface area contributed by atoms with Gasteiger partial charge in [-0.1, -0.05) is 6.07 Å². The second kappa shape index (κ2) is 5.01. The van der Waals surface area contributed by atoms with E-state index >= 15 is 0 Å². The smallest absolute Gasteiger partial charge is 0.123 e. The van der Waals surface area contributed by atoms with E-state index in [0.717, 1.165) is 16.7 Å². The number of rotatable bonds is 3. The molecule has 0 saturated heterocycles. The standard InChI is InChI=1S/C13H14FN3/c1-9-3-10(5-12(14)4-9)13(15-2)11-6-16-8-17-7-11/h3-8,13,15H,1-2H3. The Kier molecular flexibility index (Phi) is 3.44. The molecule has 1 atom stereocenters. The Bertz CT molecular complexity index is 479. The van der Waals surface area contributed by atoms with Crippen LogP contribution in [0.25, 0.3) is 0 Å². The van der Waals surface area contributed by atoms with Crippen molar-refractivity contribution in [2.45, 2.75) is 13.0 Å². The fourth-order valence-corrected chi connectivity index (χ4v) is 1.92. The zero-order chi connectivity index (χ0) is 12.3. The van der Waals surface area contributed by atoms with Crippen LogP contribution >= 0.6 is 0 Å². The first-order valence-corrected chi connectivity index (χ1v) is 5.40. The lowest BCUT2D eigenvalue weighted by Gasteiger charge is -2.17. The summed E-state index contributed by atoms with van der Waals surface area (Å²) in [6.07, 6.45) is 4.94. The summed E-state index contributed by atoms with van der Waals surface area (Å²) in [5, 5.41) is 3.14. The summed E-state index contributed by atoms with van der Waals surface area (Å²) in [5.41, 5.74) is 2.69. The fourth-order valence-electron chi connectivity index (χ4n) is 1.92. The molecule has 17 heavy (non-hydrogen) atoms. The number of hydrogen-bond acceptors (Lipinski definition) is 3. The molecule has 2 aromatic rings. The second-order valence-electron chi connectivity index (χ2n) is 3.96. The highest BCUT2D eigenvalue weighted by Gasteiger charge is 2.13. The summed E-state index contributed by atoms with van der Waals surface area (Å²) in [6, 6.07) is 4.90. The van der Waals surface area contributed by atoms with Crippen molar-refractivity contribution in [3.63, 3.8) is 0 Å². The van der Waals surface area contributed by atoms with Gasteiger partial charge in [0.25, 0.3) is 0 Å². The van der Waals surface area contributed by atoms with E-state index in [1.165, 1.54) is 18.5 Å². The van der Waals surface area contributed by atoms with E-state index in [1.807, 2.05) is 20.0 Å². The molecule has 1 heterocycles. The van der Waals surface area contributed by atoms with Crippen LogP contribution in [0.15, 0.2) is 36.9 Å². The third kappa shape index (κ3) is 2.65. The Labute approximate surface area is 99.7 Å². The van der Waals surface area contributed by atoms with Gasteiger partial charge in [0.2, 0.25) is 0 Å². The van der Waals surface area contributed by atoms with Crippen molar-refractivity contribution in [3.8, 4) is 0 Å². The quantitative estimate of drug-likeness (QED) is 0.880. The number of benzene rings is 1. The number of hydrogen-bond donors (Lipinski definition) is 1. The maximum atomic E-state index is 13.4. The number of nitrogens with one attached hydrogen (secondary N) is 1. The third-order valence-corrected chi connectivity index (χ3v) is 2.60. The number of nitrogens with zero attached hydrogens (tertiary/aromatic N) is 2. The van der Waals surface area contributed by atoms with E-state index in [9.17, 15) is 4.39 Å². The predicted molar refractivity (Wildman–Crippen MR) is 64.1 cm³/mol. The minimum Gasteiger partial charge on any atom is -0.309 e. The van der Waals surface area contributed by atoms with Crippen LogP contribution in [0.2, 0.25) is 0 Å². The van der Waals surface area contributed by atoms with Crippen molar-refractivity contribution < 1.29 is 4.39 Å². The van der Waals surface area contributed by atoms with Crippen molar-refractivity contribution in [2.75, 3.05) is 7.05 Å². The number of aromatic nitrogens is 2. The molecule has 1 unspecified atom stereocenters. The molecule has 0 fully saturated rings. The van der Waals surface area contributed by atoms with Crippen LogP contribution in [0, 0.1) is 12.7 Å². The Hall–Kier alpha value is -1.81. The van der Waals surface area contributed by atoms with Gasteiger partial charge in [-0.2, -0.15) is 0 Å². The number of halogens is 1. The fraction of sp³-hybridized carbons (Fsp3) is 0.231. The van der Waals surface area contributed by atoms with Crippen molar-refractivity contribution in [2.24, 2.45) is 0 Å². The molecule has 0 radical (unpaired) electrons. The number of aryl methyl sites for hydroxylation is 1. The van der Waals surface area contributed by atoms with Gasteiger partial charge in [-0.3, -0.25) is 0 Å². The minimum atomic E-state index is -0.225. The highest BCUT2D eigenvalue weighted by Crippen LogP contribution is 2.22. The zero-order valence-corrected chi connectivity index (χ0v) is 9.81. The monoisotopic (exact) mass is 231 g/mol. The molecule has 1 aromatic carbocycles. The molecule has 0 saturated carbocycles. The van der Waals surface area contributed by atoms with Crippen LogP contribution in [0.4, 0.5) is 4.39 Å². The summed E-state index contributed by atoms with van der Waals surface area (Å²) in [6.45, 7) is 1.88. The summed E-state index contributed by atoms with van der Waals surface area (Å²) in [5.74, 6) is -0.225. The summed E-state index contributed by atoms with van der Waals surface area (Å²) in [4.78, 5) is 7.96. The molecule has 0 amide bonds. The molecule has 0 aliphatic carbocycles. The Morgan fingerprint density at radius 2 is 1.82 bits per heavy atom. The van der Waals surface area contributed by atoms with Crippen LogP contribution in [0.3, 0.4) is 0 Å². The van der Waals surface area contributed by atoms with Crippen molar-refractivity contribution >= 4 is 0 Å². The summed E-state index contributed by atoms with van der Waals surface area (Å²) >= 11 is 0. The maximum Gasteiger partial charge on any atom is 0.123 e. The average molecular weight is 231 g/mol. The van der Waals surface area contributed by atoms with E-state index in [1.54, 1.807) is 12.4 Å². The van der Waals surface area contributed by atoms with Crippen LogP contribution < -0.4 is 5.32 Å². The molecule has 3 nitrogen and oxygen atoms in total. The van der Waals surface area contributed by atoms with Crippen molar-refractivity contribution in [1.29, 1.82) is 0 Å². The van der Waals surface area contributed by atoms with E-state index in [0.29, 0.717) is 0 Å². The van der Waals surface area contributed by atoms with E-state index < -0.39 is 0 Å². The molecular weight excluding hydrogens is 217 g/mol. The first-order chi connectivity index (χ1) is 8.20. The molecule has 2 rings (SSSR count). The van der Waals surface area contributed by atoms with Gasteiger partial charge in [-0.15, -0.1) is 0 Å². The zero-order valence-electron chi connectivity index (χ0n) is 9.81. The van der Waals surface area contributed by atoms with Gasteiger partial charge in [-0.05, 0) is 37.2 Å². The van der Waals surface area contributed by atoms with Gasteiger partial charge in [0.15, 0.2) is 0 Å². The lowest BCUT2D eigenvalue weighted by Crippen LogP contribution is -2.18. The topological polar surface area (TPSA) is 37.8 Å². The second-order valence-corrected chi connectivity index (χ2v) is 3.96. The molecule has 88 valence electrons. The average Bonchev–Trinajstić information content (AvgIpc) is 2.30. The van der Waals surface area contributed by atoms with Gasteiger partial charge in [-0.25, -0.2) is 14.4 Å². The molecule has 1 N–H and O–H groups in total. The largest absolute Gasteiger partial charge is 0.309 e. The van der Waals surface area contributed by atoms with Gasteiger partial charge < -0.3 is 5.32 Å². The van der Waals surface area contributed by atoms with Crippen LogP contribution in [0.1, 0.15) is 22.7 Å². The van der Waals surface area contributed by atoms with Crippen LogP contribution in [-0.4, -0.2) is 17.0 Å². The van der Waals surface area contributed by atoms with Crippen molar-refractivity contribution in [1.82, 2.24) is 15.3 Å². The molecule has 4 heteroatoms. The molecule has 0 spiro atoms. The van der Waals surface area contributed by atoms with Crippen LogP contribution in [0.5, 0.6) is 0 Å². The highest BCUT2D eigenvalue weighted by atomic mass is 19.1. The lowest BCUT2D eigenvalue weighted by atomic mass is 9.99. The lowest BCUT2D eigenvalue weighted by molar-refractivity contribution is 0.614. The van der Waals surface area contributed by atoms with E-state index in [2.05, 4.69) is 15.3 Å². The Morgan fingerprint density at radius 3 is 2.41 bits per heavy atom. The first kappa shape index (κ1) is 11.7. The normalized spacial score (nSPS) is 12.4. The SMILES string of the molecule is CNC(c1cncnc1)c1cc(C)cc(F)c1. The van der Waals surface area contributed by atoms with Gasteiger partial charge in [0, 0.05) is 18.0 Å². The van der Waals surface area contributed by atoms with Gasteiger partial charge in [0.1, 0.15) is 12.1 Å². The molecule has 1 aromatic heterocycles. The molecule has 0 aliphatic heterocycles. The maximum absolute atomic E-state index is 13.4. The predicted octanol–water partition coefficient (Wildman–Crippen LogP) is 2.23.